The van der Waals surface area contributed by atoms with Crippen LogP contribution in [0.3, 0.4) is 0 Å². The van der Waals surface area contributed by atoms with Crippen molar-refractivity contribution in [1.82, 2.24) is 4.98 Å². The molecule has 0 N–H and O–H groups in total. The van der Waals surface area contributed by atoms with E-state index in [1.165, 1.54) is 11.3 Å². The second-order valence-corrected chi connectivity index (χ2v) is 8.11. The van der Waals surface area contributed by atoms with Crippen LogP contribution in [-0.2, 0) is 16.1 Å². The fourth-order valence-electron chi connectivity index (χ4n) is 3.37. The average molecular weight is 445 g/mol. The maximum Gasteiger partial charge on any atom is 0.350 e. The Labute approximate surface area is 186 Å². The predicted octanol–water partition coefficient (Wildman–Crippen LogP) is 5.36. The van der Waals surface area contributed by atoms with Gasteiger partial charge in [-0.1, -0.05) is 49.3 Å². The van der Waals surface area contributed by atoms with Crippen LogP contribution >= 0.6 is 11.3 Å². The van der Waals surface area contributed by atoms with Crippen molar-refractivity contribution < 1.29 is 23.5 Å². The number of benzene rings is 1. The van der Waals surface area contributed by atoms with Gasteiger partial charge in [-0.25, -0.2) is 9.78 Å². The maximum absolute atomic E-state index is 13.6. The van der Waals surface area contributed by atoms with E-state index in [2.05, 4.69) is 11.9 Å². The molecule has 0 unspecified atom stereocenters. The molecule has 0 atom stereocenters. The molecular formula is C23H28N2O5S. The number of para-hydroxylation sites is 1. The first-order valence-electron chi connectivity index (χ1n) is 10.5. The Morgan fingerprint density at radius 1 is 1.19 bits per heavy atom. The Kier molecular flexibility index (Phi) is 7.81. The largest absolute Gasteiger partial charge is 0.462 e. The molecule has 1 aromatic carbocycles. The number of carbonyl (C=O) groups excluding carboxylic acids is 2. The van der Waals surface area contributed by atoms with E-state index in [1.807, 2.05) is 24.3 Å². The van der Waals surface area contributed by atoms with Gasteiger partial charge in [0.25, 0.3) is 5.91 Å². The number of nitrogens with zero attached hydrogens (tertiary/aromatic N) is 2. The van der Waals surface area contributed by atoms with Crippen molar-refractivity contribution >= 4 is 39.3 Å². The molecular weight excluding hydrogens is 416 g/mol. The molecule has 0 saturated heterocycles. The molecule has 3 rings (SSSR count). The molecule has 2 aromatic heterocycles. The number of furan rings is 1. The van der Waals surface area contributed by atoms with E-state index in [-0.39, 0.29) is 24.9 Å². The minimum atomic E-state index is -0.423. The van der Waals surface area contributed by atoms with Crippen molar-refractivity contribution in [3.05, 3.63) is 46.2 Å². The number of ether oxygens (including phenoxy) is 2. The highest BCUT2D eigenvalue weighted by atomic mass is 32.1. The fraction of sp³-hybridized carbons (Fsp3) is 0.435. The lowest BCUT2D eigenvalue weighted by atomic mass is 10.1. The van der Waals surface area contributed by atoms with Gasteiger partial charge in [-0.15, -0.1) is 0 Å². The van der Waals surface area contributed by atoms with Crippen molar-refractivity contribution in [3.63, 3.8) is 0 Å². The number of hydrogen-bond acceptors (Lipinski definition) is 7. The first-order valence-corrected chi connectivity index (χ1v) is 11.3. The zero-order valence-corrected chi connectivity index (χ0v) is 19.2. The van der Waals surface area contributed by atoms with Crippen molar-refractivity contribution in [2.45, 2.75) is 46.6 Å². The highest BCUT2D eigenvalue weighted by molar-refractivity contribution is 7.17. The minimum Gasteiger partial charge on any atom is -0.462 e. The number of hydrogen-bond donors (Lipinski definition) is 0. The molecule has 7 nitrogen and oxygen atoms in total. The van der Waals surface area contributed by atoms with Crippen LogP contribution in [0.25, 0.3) is 11.0 Å². The third-order valence-corrected chi connectivity index (χ3v) is 6.05. The Morgan fingerprint density at radius 2 is 1.97 bits per heavy atom. The molecule has 0 aliphatic carbocycles. The van der Waals surface area contributed by atoms with E-state index in [0.29, 0.717) is 33.4 Å². The van der Waals surface area contributed by atoms with Gasteiger partial charge in [0.05, 0.1) is 18.9 Å². The summed E-state index contributed by atoms with van der Waals surface area (Å²) in [4.78, 5) is 32.4. The summed E-state index contributed by atoms with van der Waals surface area (Å²) in [5.74, 6) is -0.470. The number of amides is 1. The van der Waals surface area contributed by atoms with Gasteiger partial charge in [0.15, 0.2) is 10.9 Å². The highest BCUT2D eigenvalue weighted by Crippen LogP contribution is 2.32. The molecule has 0 radical (unpaired) electrons. The van der Waals surface area contributed by atoms with Crippen LogP contribution in [0, 0.1) is 6.92 Å². The van der Waals surface area contributed by atoms with Crippen molar-refractivity contribution in [1.29, 1.82) is 0 Å². The number of aryl methyl sites for hydroxylation is 1. The number of carbonyl (C=O) groups is 2. The zero-order chi connectivity index (χ0) is 22.4. The number of fused-ring (bicyclic) bond motifs is 1. The van der Waals surface area contributed by atoms with Crippen LogP contribution < -0.4 is 4.90 Å². The van der Waals surface area contributed by atoms with Crippen molar-refractivity contribution in [3.8, 4) is 0 Å². The van der Waals surface area contributed by atoms with Gasteiger partial charge in [0, 0.05) is 24.6 Å². The SMILES string of the molecule is CCCCCN(C(=O)c1oc2ccccc2c1COC)c1nc(C)c(C(=O)OCC)s1. The van der Waals surface area contributed by atoms with Gasteiger partial charge in [0.2, 0.25) is 0 Å². The summed E-state index contributed by atoms with van der Waals surface area (Å²) in [6, 6.07) is 7.52. The molecule has 0 bridgehead atoms. The molecule has 1 amide bonds. The molecule has 0 saturated carbocycles. The first-order chi connectivity index (χ1) is 15.0. The predicted molar refractivity (Wildman–Crippen MR) is 121 cm³/mol. The highest BCUT2D eigenvalue weighted by Gasteiger charge is 2.29. The maximum atomic E-state index is 13.6. The molecule has 0 aliphatic rings. The smallest absolute Gasteiger partial charge is 0.350 e. The summed E-state index contributed by atoms with van der Waals surface area (Å²) >= 11 is 1.17. The average Bonchev–Trinajstić information content (AvgIpc) is 3.32. The monoisotopic (exact) mass is 444 g/mol. The Balaban J connectivity index is 2.02. The van der Waals surface area contributed by atoms with E-state index in [1.54, 1.807) is 25.9 Å². The third-order valence-electron chi connectivity index (χ3n) is 4.89. The van der Waals surface area contributed by atoms with Crippen LogP contribution in [0.5, 0.6) is 0 Å². The molecule has 166 valence electrons. The Bertz CT molecular complexity index is 1060. The normalized spacial score (nSPS) is 11.1. The second-order valence-electron chi connectivity index (χ2n) is 7.13. The van der Waals surface area contributed by atoms with Gasteiger partial charge in [0.1, 0.15) is 10.5 Å². The lowest BCUT2D eigenvalue weighted by Crippen LogP contribution is -2.32. The van der Waals surface area contributed by atoms with Gasteiger partial charge in [-0.3, -0.25) is 9.69 Å². The van der Waals surface area contributed by atoms with Gasteiger partial charge >= 0.3 is 5.97 Å². The van der Waals surface area contributed by atoms with Gasteiger partial charge < -0.3 is 13.9 Å². The summed E-state index contributed by atoms with van der Waals surface area (Å²) in [6.45, 7) is 6.63. The summed E-state index contributed by atoms with van der Waals surface area (Å²) in [5, 5.41) is 1.31. The van der Waals surface area contributed by atoms with Gasteiger partial charge in [-0.05, 0) is 26.3 Å². The number of aromatic nitrogens is 1. The quantitative estimate of drug-likeness (QED) is 0.309. The second kappa shape index (κ2) is 10.5. The van der Waals surface area contributed by atoms with Gasteiger partial charge in [-0.2, -0.15) is 0 Å². The van der Waals surface area contributed by atoms with E-state index < -0.39 is 5.97 Å². The number of methoxy groups -OCH3 is 1. The summed E-state index contributed by atoms with van der Waals surface area (Å²) in [6.07, 6.45) is 2.81. The lowest BCUT2D eigenvalue weighted by Gasteiger charge is -2.19. The topological polar surface area (TPSA) is 81.9 Å². The Morgan fingerprint density at radius 3 is 2.68 bits per heavy atom. The van der Waals surface area contributed by atoms with E-state index in [9.17, 15) is 9.59 Å². The minimum absolute atomic E-state index is 0.241. The van der Waals surface area contributed by atoms with Crippen LogP contribution in [0.1, 0.15) is 64.6 Å². The van der Waals surface area contributed by atoms with Crippen LogP contribution in [-0.4, -0.2) is 37.1 Å². The van der Waals surface area contributed by atoms with Crippen LogP contribution in [0.4, 0.5) is 5.13 Å². The number of unbranched alkanes of at least 4 members (excludes halogenated alkanes) is 2. The summed E-state index contributed by atoms with van der Waals surface area (Å²) in [5.41, 5.74) is 1.89. The molecule has 2 heterocycles. The number of rotatable bonds is 10. The molecule has 3 aromatic rings. The Hall–Kier alpha value is -2.71. The fourth-order valence-corrected chi connectivity index (χ4v) is 4.35. The lowest BCUT2D eigenvalue weighted by molar-refractivity contribution is 0.0531. The standard InChI is InChI=1S/C23H28N2O5S/c1-5-7-10-13-25(23-24-15(3)20(31-23)22(27)29-6-2)21(26)19-17(14-28-4)16-11-8-9-12-18(16)30-19/h8-9,11-12H,5-7,10,13-14H2,1-4H3. The third kappa shape index (κ3) is 4.97. The molecule has 0 fully saturated rings. The van der Waals surface area contributed by atoms with E-state index >= 15 is 0 Å². The van der Waals surface area contributed by atoms with E-state index in [0.717, 1.165) is 24.6 Å². The van der Waals surface area contributed by atoms with Crippen molar-refractivity contribution in [2.75, 3.05) is 25.2 Å². The molecule has 0 aliphatic heterocycles. The van der Waals surface area contributed by atoms with Crippen LogP contribution in [0.15, 0.2) is 28.7 Å². The van der Waals surface area contributed by atoms with Crippen LogP contribution in [0.2, 0.25) is 0 Å². The summed E-state index contributed by atoms with van der Waals surface area (Å²) in [7, 11) is 1.59. The molecule has 8 heteroatoms. The van der Waals surface area contributed by atoms with Crippen molar-refractivity contribution in [2.24, 2.45) is 0 Å². The number of esters is 1. The first kappa shape index (κ1) is 23.0. The summed E-state index contributed by atoms with van der Waals surface area (Å²) < 4.78 is 16.4. The zero-order valence-electron chi connectivity index (χ0n) is 18.4. The van der Waals surface area contributed by atoms with E-state index in [4.69, 9.17) is 13.9 Å². The molecule has 31 heavy (non-hydrogen) atoms. The number of thiazole rings is 1. The molecule has 0 spiro atoms. The number of anilines is 1.